The van der Waals surface area contributed by atoms with Crippen LogP contribution in [0.1, 0.15) is 32.8 Å². The molecule has 0 saturated carbocycles. The highest BCUT2D eigenvalue weighted by atomic mass is 79.9. The van der Waals surface area contributed by atoms with Crippen LogP contribution >= 0.6 is 15.9 Å². The van der Waals surface area contributed by atoms with Crippen molar-refractivity contribution in [2.75, 3.05) is 6.54 Å². The fourth-order valence-corrected chi connectivity index (χ4v) is 2.99. The lowest BCUT2D eigenvalue weighted by atomic mass is 9.90. The molecule has 0 bridgehead atoms. The average molecular weight is 330 g/mol. The first-order valence-electron chi connectivity index (χ1n) is 6.41. The Morgan fingerprint density at radius 3 is 2.68 bits per heavy atom. The van der Waals surface area contributed by atoms with Gasteiger partial charge in [-0.25, -0.2) is 4.39 Å². The third-order valence-electron chi connectivity index (χ3n) is 2.61. The van der Waals surface area contributed by atoms with E-state index in [2.05, 4.69) is 42.0 Å². The Balaban J connectivity index is 2.36. The predicted octanol–water partition coefficient (Wildman–Crippen LogP) is 3.68. The summed E-state index contributed by atoms with van der Waals surface area (Å²) in [4.78, 5) is 12.0. The van der Waals surface area contributed by atoms with Crippen LogP contribution in [0, 0.1) is 11.2 Å². The Hall–Kier alpha value is -0.900. The molecular formula is C15H21BrFNO. The van der Waals surface area contributed by atoms with Crippen LogP contribution < -0.4 is 5.32 Å². The quantitative estimate of drug-likeness (QED) is 0.820. The molecule has 0 aromatic heterocycles. The average Bonchev–Trinajstić information content (AvgIpc) is 2.24. The molecule has 1 unspecified atom stereocenters. The van der Waals surface area contributed by atoms with Crippen molar-refractivity contribution in [2.24, 2.45) is 5.41 Å². The number of hydrogen-bond donors (Lipinski definition) is 1. The van der Waals surface area contributed by atoms with Gasteiger partial charge in [0.15, 0.2) is 0 Å². The second kappa shape index (κ2) is 7.04. The highest BCUT2D eigenvalue weighted by Gasteiger charge is 2.17. The van der Waals surface area contributed by atoms with Gasteiger partial charge in [0.25, 0.3) is 0 Å². The standard InChI is InChI=1S/C15H21BrFNO/c1-15(2,3)9-12(16)10-18-14(19)8-11-5-4-6-13(17)7-11/h4-7,12H,8-10H2,1-3H3,(H,18,19). The molecule has 0 spiro atoms. The Morgan fingerprint density at radius 2 is 2.11 bits per heavy atom. The van der Waals surface area contributed by atoms with Crippen LogP contribution in [0.5, 0.6) is 0 Å². The van der Waals surface area contributed by atoms with Gasteiger partial charge in [-0.3, -0.25) is 4.79 Å². The van der Waals surface area contributed by atoms with Crippen molar-refractivity contribution >= 4 is 21.8 Å². The van der Waals surface area contributed by atoms with E-state index in [0.29, 0.717) is 12.1 Å². The van der Waals surface area contributed by atoms with E-state index in [4.69, 9.17) is 0 Å². The summed E-state index contributed by atoms with van der Waals surface area (Å²) in [6, 6.07) is 6.13. The minimum atomic E-state index is -0.309. The van der Waals surface area contributed by atoms with E-state index >= 15 is 0 Å². The van der Waals surface area contributed by atoms with Crippen molar-refractivity contribution in [2.45, 2.75) is 38.4 Å². The number of rotatable bonds is 5. The van der Waals surface area contributed by atoms with Gasteiger partial charge in [-0.2, -0.15) is 0 Å². The van der Waals surface area contributed by atoms with E-state index in [1.54, 1.807) is 12.1 Å². The highest BCUT2D eigenvalue weighted by molar-refractivity contribution is 9.09. The zero-order chi connectivity index (χ0) is 14.5. The lowest BCUT2D eigenvalue weighted by molar-refractivity contribution is -0.120. The molecular weight excluding hydrogens is 309 g/mol. The van der Waals surface area contributed by atoms with E-state index in [-0.39, 0.29) is 28.4 Å². The van der Waals surface area contributed by atoms with Crippen molar-refractivity contribution in [3.63, 3.8) is 0 Å². The number of hydrogen-bond acceptors (Lipinski definition) is 1. The van der Waals surface area contributed by atoms with Gasteiger partial charge >= 0.3 is 0 Å². The second-order valence-electron chi connectivity index (χ2n) is 5.97. The van der Waals surface area contributed by atoms with Gasteiger partial charge < -0.3 is 5.32 Å². The first-order chi connectivity index (χ1) is 8.76. The molecule has 106 valence electrons. The molecule has 0 aliphatic heterocycles. The normalized spacial score (nSPS) is 13.1. The van der Waals surface area contributed by atoms with Crippen molar-refractivity contribution in [3.8, 4) is 0 Å². The molecule has 0 aliphatic carbocycles. The Labute approximate surface area is 122 Å². The maximum Gasteiger partial charge on any atom is 0.224 e. The molecule has 1 N–H and O–H groups in total. The zero-order valence-electron chi connectivity index (χ0n) is 11.7. The Kier molecular flexibility index (Phi) is 5.98. The van der Waals surface area contributed by atoms with Gasteiger partial charge in [0.1, 0.15) is 5.82 Å². The molecule has 1 aromatic carbocycles. The maximum absolute atomic E-state index is 13.0. The van der Waals surface area contributed by atoms with Crippen LogP contribution in [-0.2, 0) is 11.2 Å². The molecule has 0 aliphatic rings. The minimum Gasteiger partial charge on any atom is -0.355 e. The topological polar surface area (TPSA) is 29.1 Å². The summed E-state index contributed by atoms with van der Waals surface area (Å²) in [6.07, 6.45) is 1.19. The fraction of sp³-hybridized carbons (Fsp3) is 0.533. The number of halogens is 2. The molecule has 1 aromatic rings. The van der Waals surface area contributed by atoms with Gasteiger partial charge in [-0.1, -0.05) is 48.8 Å². The summed E-state index contributed by atoms with van der Waals surface area (Å²) in [6.45, 7) is 7.08. The Bertz CT molecular complexity index is 428. The van der Waals surface area contributed by atoms with Gasteiger partial charge in [0, 0.05) is 11.4 Å². The van der Waals surface area contributed by atoms with Gasteiger partial charge in [-0.05, 0) is 29.5 Å². The number of carbonyl (C=O) groups is 1. The van der Waals surface area contributed by atoms with E-state index in [1.165, 1.54) is 12.1 Å². The largest absolute Gasteiger partial charge is 0.355 e. The van der Waals surface area contributed by atoms with E-state index in [0.717, 1.165) is 6.42 Å². The number of alkyl halides is 1. The smallest absolute Gasteiger partial charge is 0.224 e. The molecule has 2 nitrogen and oxygen atoms in total. The summed E-state index contributed by atoms with van der Waals surface area (Å²) >= 11 is 3.56. The Morgan fingerprint density at radius 1 is 1.42 bits per heavy atom. The summed E-state index contributed by atoms with van der Waals surface area (Å²) in [5, 5.41) is 2.86. The van der Waals surface area contributed by atoms with Gasteiger partial charge in [0.2, 0.25) is 5.91 Å². The molecule has 0 fully saturated rings. The van der Waals surface area contributed by atoms with Crippen LogP contribution in [0.4, 0.5) is 4.39 Å². The first kappa shape index (κ1) is 16.2. The van der Waals surface area contributed by atoms with Gasteiger partial charge in [0.05, 0.1) is 6.42 Å². The molecule has 19 heavy (non-hydrogen) atoms. The molecule has 0 saturated heterocycles. The second-order valence-corrected chi connectivity index (χ2v) is 7.27. The fourth-order valence-electron chi connectivity index (χ4n) is 1.86. The summed E-state index contributed by atoms with van der Waals surface area (Å²) in [5.74, 6) is -0.389. The highest BCUT2D eigenvalue weighted by Crippen LogP contribution is 2.24. The van der Waals surface area contributed by atoms with Crippen LogP contribution in [-0.4, -0.2) is 17.3 Å². The molecule has 1 atom stereocenters. The summed E-state index contributed by atoms with van der Waals surface area (Å²) < 4.78 is 13.0. The van der Waals surface area contributed by atoms with Crippen molar-refractivity contribution in [1.82, 2.24) is 5.32 Å². The summed E-state index contributed by atoms with van der Waals surface area (Å²) in [7, 11) is 0. The van der Waals surface area contributed by atoms with Crippen LogP contribution in [0.3, 0.4) is 0 Å². The third-order valence-corrected chi connectivity index (χ3v) is 3.26. The number of amides is 1. The van der Waals surface area contributed by atoms with E-state index in [1.807, 2.05) is 0 Å². The number of nitrogens with one attached hydrogen (secondary N) is 1. The SMILES string of the molecule is CC(C)(C)CC(Br)CNC(=O)Cc1cccc(F)c1. The maximum atomic E-state index is 13.0. The van der Waals surface area contributed by atoms with Crippen LogP contribution in [0.25, 0.3) is 0 Å². The number of carbonyl (C=O) groups excluding carboxylic acids is 1. The predicted molar refractivity (Wildman–Crippen MR) is 79.9 cm³/mol. The molecule has 1 rings (SSSR count). The third kappa shape index (κ3) is 7.31. The molecule has 0 heterocycles. The van der Waals surface area contributed by atoms with Crippen LogP contribution in [0.15, 0.2) is 24.3 Å². The van der Waals surface area contributed by atoms with Crippen molar-refractivity contribution < 1.29 is 9.18 Å². The molecule has 0 radical (unpaired) electrons. The van der Waals surface area contributed by atoms with Crippen molar-refractivity contribution in [3.05, 3.63) is 35.6 Å². The number of benzene rings is 1. The zero-order valence-corrected chi connectivity index (χ0v) is 13.3. The lowest BCUT2D eigenvalue weighted by Gasteiger charge is -2.22. The van der Waals surface area contributed by atoms with Crippen molar-refractivity contribution in [1.29, 1.82) is 0 Å². The molecule has 1 amide bonds. The van der Waals surface area contributed by atoms with Crippen LogP contribution in [0.2, 0.25) is 0 Å². The summed E-state index contributed by atoms with van der Waals surface area (Å²) in [5.41, 5.74) is 0.918. The minimum absolute atomic E-state index is 0.0797. The lowest BCUT2D eigenvalue weighted by Crippen LogP contribution is -2.32. The van der Waals surface area contributed by atoms with E-state index in [9.17, 15) is 9.18 Å². The monoisotopic (exact) mass is 329 g/mol. The first-order valence-corrected chi connectivity index (χ1v) is 7.33. The van der Waals surface area contributed by atoms with E-state index < -0.39 is 0 Å². The van der Waals surface area contributed by atoms with Gasteiger partial charge in [-0.15, -0.1) is 0 Å². The molecule has 4 heteroatoms.